The van der Waals surface area contributed by atoms with Crippen molar-refractivity contribution in [3.05, 3.63) is 0 Å². The van der Waals surface area contributed by atoms with Crippen molar-refractivity contribution in [1.82, 2.24) is 9.80 Å². The summed E-state index contributed by atoms with van der Waals surface area (Å²) < 4.78 is 0. The number of piperazine rings is 1. The zero-order valence-corrected chi connectivity index (χ0v) is 10.8. The van der Waals surface area contributed by atoms with Gasteiger partial charge in [-0.3, -0.25) is 9.80 Å². The van der Waals surface area contributed by atoms with Crippen LogP contribution in [0.3, 0.4) is 0 Å². The lowest BCUT2D eigenvalue weighted by atomic mass is 9.97. The highest BCUT2D eigenvalue weighted by molar-refractivity contribution is 4.90. The molecule has 15 heavy (non-hydrogen) atoms. The number of aliphatic hydroxyl groups is 1. The minimum Gasteiger partial charge on any atom is -0.393 e. The highest BCUT2D eigenvalue weighted by Crippen LogP contribution is 2.21. The third kappa shape index (κ3) is 3.44. The molecule has 1 rings (SSSR count). The Labute approximate surface area is 94.1 Å². The molecular formula is C12H26N2O. The monoisotopic (exact) mass is 214 g/mol. The Balaban J connectivity index is 2.51. The van der Waals surface area contributed by atoms with E-state index in [4.69, 9.17) is 0 Å². The van der Waals surface area contributed by atoms with Crippen LogP contribution in [-0.2, 0) is 0 Å². The zero-order chi connectivity index (χ0) is 11.6. The molecule has 1 saturated heterocycles. The smallest absolute Gasteiger partial charge is 0.0526 e. The molecule has 0 aromatic rings. The fraction of sp³-hybridized carbons (Fsp3) is 1.00. The summed E-state index contributed by atoms with van der Waals surface area (Å²) in [6.45, 7) is 12.0. The van der Waals surface area contributed by atoms with Crippen LogP contribution in [0.2, 0.25) is 0 Å². The molecule has 2 unspecified atom stereocenters. The fourth-order valence-corrected chi connectivity index (χ4v) is 2.30. The van der Waals surface area contributed by atoms with Gasteiger partial charge in [0, 0.05) is 31.2 Å². The summed E-state index contributed by atoms with van der Waals surface area (Å²) in [5.41, 5.74) is 0.255. The van der Waals surface area contributed by atoms with Crippen LogP contribution in [0.15, 0.2) is 0 Å². The molecule has 0 bridgehead atoms. The number of hydrogen-bond acceptors (Lipinski definition) is 3. The van der Waals surface area contributed by atoms with Gasteiger partial charge in [-0.15, -0.1) is 0 Å². The highest BCUT2D eigenvalue weighted by atomic mass is 16.3. The van der Waals surface area contributed by atoms with E-state index in [2.05, 4.69) is 37.6 Å². The lowest BCUT2D eigenvalue weighted by Crippen LogP contribution is -2.59. The quantitative estimate of drug-likeness (QED) is 0.764. The van der Waals surface area contributed by atoms with Crippen LogP contribution >= 0.6 is 0 Å². The van der Waals surface area contributed by atoms with E-state index < -0.39 is 0 Å². The zero-order valence-electron chi connectivity index (χ0n) is 10.8. The molecule has 2 atom stereocenters. The third-order valence-electron chi connectivity index (χ3n) is 3.65. The van der Waals surface area contributed by atoms with Crippen molar-refractivity contribution in [2.45, 2.75) is 51.8 Å². The van der Waals surface area contributed by atoms with E-state index in [1.54, 1.807) is 0 Å². The first-order valence-corrected chi connectivity index (χ1v) is 5.96. The number of likely N-dealkylation sites (N-methyl/N-ethyl adjacent to an activating group) is 1. The summed E-state index contributed by atoms with van der Waals surface area (Å²) in [4.78, 5) is 4.91. The van der Waals surface area contributed by atoms with Crippen LogP contribution in [0.5, 0.6) is 0 Å². The first kappa shape index (κ1) is 12.9. The molecule has 1 fully saturated rings. The average molecular weight is 214 g/mol. The molecule has 1 N–H and O–H groups in total. The van der Waals surface area contributed by atoms with Gasteiger partial charge in [0.25, 0.3) is 0 Å². The second-order valence-electron chi connectivity index (χ2n) is 5.64. The van der Waals surface area contributed by atoms with Crippen LogP contribution in [0, 0.1) is 0 Å². The van der Waals surface area contributed by atoms with Gasteiger partial charge in [0.2, 0.25) is 0 Å². The Morgan fingerprint density at radius 1 is 1.27 bits per heavy atom. The topological polar surface area (TPSA) is 26.7 Å². The molecule has 3 heteroatoms. The van der Waals surface area contributed by atoms with Crippen molar-refractivity contribution in [3.63, 3.8) is 0 Å². The van der Waals surface area contributed by atoms with Crippen LogP contribution in [0.1, 0.15) is 34.1 Å². The van der Waals surface area contributed by atoms with Crippen LogP contribution < -0.4 is 0 Å². The van der Waals surface area contributed by atoms with Crippen LogP contribution in [-0.4, -0.2) is 59.3 Å². The maximum Gasteiger partial charge on any atom is 0.0526 e. The minimum absolute atomic E-state index is 0.192. The normalized spacial score (nSPS) is 27.6. The van der Waals surface area contributed by atoms with Crippen molar-refractivity contribution in [1.29, 1.82) is 0 Å². The largest absolute Gasteiger partial charge is 0.393 e. The summed E-state index contributed by atoms with van der Waals surface area (Å²) in [6, 6.07) is 0.484. The van der Waals surface area contributed by atoms with Crippen molar-refractivity contribution < 1.29 is 5.11 Å². The Morgan fingerprint density at radius 3 is 2.33 bits per heavy atom. The summed E-state index contributed by atoms with van der Waals surface area (Å²) in [6.07, 6.45) is 0.683. The van der Waals surface area contributed by atoms with Gasteiger partial charge in [0.15, 0.2) is 0 Å². The van der Waals surface area contributed by atoms with Crippen molar-refractivity contribution >= 4 is 0 Å². The fourth-order valence-electron chi connectivity index (χ4n) is 2.30. The standard InChI is InChI=1S/C12H26N2O/c1-10(8-11(2)15)14-7-6-13(5)12(3,4)9-14/h10-11,15H,6-9H2,1-5H3. The van der Waals surface area contributed by atoms with E-state index in [1.807, 2.05) is 6.92 Å². The van der Waals surface area contributed by atoms with E-state index in [1.165, 1.54) is 0 Å². The molecule has 3 nitrogen and oxygen atoms in total. The Kier molecular flexibility index (Phi) is 4.15. The van der Waals surface area contributed by atoms with Gasteiger partial charge in [-0.05, 0) is 41.2 Å². The van der Waals surface area contributed by atoms with Crippen LogP contribution in [0.25, 0.3) is 0 Å². The molecule has 90 valence electrons. The molecule has 0 aromatic heterocycles. The van der Waals surface area contributed by atoms with Gasteiger partial charge in [-0.2, -0.15) is 0 Å². The van der Waals surface area contributed by atoms with E-state index >= 15 is 0 Å². The molecule has 0 saturated carbocycles. The van der Waals surface area contributed by atoms with Gasteiger partial charge in [0.1, 0.15) is 0 Å². The maximum atomic E-state index is 9.40. The lowest BCUT2D eigenvalue weighted by molar-refractivity contribution is 0.00921. The highest BCUT2D eigenvalue weighted by Gasteiger charge is 2.32. The summed E-state index contributed by atoms with van der Waals surface area (Å²) in [7, 11) is 2.19. The molecular weight excluding hydrogens is 188 g/mol. The van der Waals surface area contributed by atoms with E-state index in [0.29, 0.717) is 6.04 Å². The molecule has 0 aliphatic carbocycles. The second kappa shape index (κ2) is 4.81. The van der Waals surface area contributed by atoms with Crippen molar-refractivity contribution in [2.75, 3.05) is 26.7 Å². The number of nitrogens with zero attached hydrogens (tertiary/aromatic N) is 2. The van der Waals surface area contributed by atoms with Gasteiger partial charge in [-0.1, -0.05) is 0 Å². The lowest BCUT2D eigenvalue weighted by Gasteiger charge is -2.47. The number of rotatable bonds is 3. The van der Waals surface area contributed by atoms with E-state index in [-0.39, 0.29) is 11.6 Å². The summed E-state index contributed by atoms with van der Waals surface area (Å²) in [5, 5.41) is 9.40. The first-order valence-electron chi connectivity index (χ1n) is 5.96. The van der Waals surface area contributed by atoms with E-state index in [9.17, 15) is 5.11 Å². The molecule has 0 spiro atoms. The molecule has 1 heterocycles. The van der Waals surface area contributed by atoms with Gasteiger partial charge < -0.3 is 5.11 Å². The Morgan fingerprint density at radius 2 is 1.87 bits per heavy atom. The predicted octanol–water partition coefficient (Wildman–Crippen LogP) is 1.17. The van der Waals surface area contributed by atoms with E-state index in [0.717, 1.165) is 26.1 Å². The molecule has 0 aromatic carbocycles. The van der Waals surface area contributed by atoms with Crippen molar-refractivity contribution in [2.24, 2.45) is 0 Å². The minimum atomic E-state index is -0.192. The SMILES string of the molecule is CC(O)CC(C)N1CCN(C)C(C)(C)C1. The van der Waals surface area contributed by atoms with Gasteiger partial charge >= 0.3 is 0 Å². The predicted molar refractivity (Wildman–Crippen MR) is 64.0 cm³/mol. The Hall–Kier alpha value is -0.120. The number of hydrogen-bond donors (Lipinski definition) is 1. The molecule has 1 aliphatic rings. The second-order valence-corrected chi connectivity index (χ2v) is 5.64. The molecule has 1 aliphatic heterocycles. The summed E-state index contributed by atoms with van der Waals surface area (Å²) >= 11 is 0. The van der Waals surface area contributed by atoms with Crippen molar-refractivity contribution in [3.8, 4) is 0 Å². The molecule has 0 radical (unpaired) electrons. The average Bonchev–Trinajstić information content (AvgIpc) is 2.08. The summed E-state index contributed by atoms with van der Waals surface area (Å²) in [5.74, 6) is 0. The third-order valence-corrected chi connectivity index (χ3v) is 3.65. The van der Waals surface area contributed by atoms with Gasteiger partial charge in [-0.25, -0.2) is 0 Å². The molecule has 0 amide bonds. The number of aliphatic hydroxyl groups excluding tert-OH is 1. The Bertz CT molecular complexity index is 204. The maximum absolute atomic E-state index is 9.40. The first-order chi connectivity index (χ1) is 6.83. The van der Waals surface area contributed by atoms with Gasteiger partial charge in [0.05, 0.1) is 6.10 Å². The van der Waals surface area contributed by atoms with Crippen LogP contribution in [0.4, 0.5) is 0 Å².